The Hall–Kier alpha value is -0.650. The predicted octanol–water partition coefficient (Wildman–Crippen LogP) is 2.13. The molecule has 0 spiro atoms. The van der Waals surface area contributed by atoms with Crippen LogP contribution in [0.3, 0.4) is 0 Å². The van der Waals surface area contributed by atoms with Crippen LogP contribution in [0.5, 0.6) is 0 Å². The Balaban J connectivity index is 2.65. The molecule has 2 heteroatoms. The molecule has 0 heterocycles. The Labute approximate surface area is 85.7 Å². The third kappa shape index (κ3) is 2.40. The molecule has 1 N–H and O–H groups in total. The summed E-state index contributed by atoms with van der Waals surface area (Å²) < 4.78 is 0. The van der Waals surface area contributed by atoms with Gasteiger partial charge < -0.3 is 0 Å². The molecule has 0 aromatic rings. The van der Waals surface area contributed by atoms with E-state index in [1.165, 1.54) is 11.1 Å². The van der Waals surface area contributed by atoms with Crippen LogP contribution in [-0.4, -0.2) is 12.6 Å². The molecule has 1 aliphatic rings. The van der Waals surface area contributed by atoms with E-state index in [1.54, 1.807) is 0 Å². The highest BCUT2D eigenvalue weighted by atomic mass is 32.1. The van der Waals surface area contributed by atoms with Gasteiger partial charge in [-0.05, 0) is 36.3 Å². The number of rotatable bonds is 2. The smallest absolute Gasteiger partial charge is 0.0578 e. The second kappa shape index (κ2) is 5.16. The van der Waals surface area contributed by atoms with Gasteiger partial charge in [-0.3, -0.25) is 5.32 Å². The van der Waals surface area contributed by atoms with Gasteiger partial charge in [0.1, 0.15) is 0 Å². The van der Waals surface area contributed by atoms with Crippen LogP contribution in [0.25, 0.3) is 0 Å². The first-order valence-electron chi connectivity index (χ1n) is 4.50. The molecule has 70 valence electrons. The fraction of sp³-hybridized carbons (Fsp3) is 0.455. The van der Waals surface area contributed by atoms with E-state index in [1.807, 2.05) is 5.41 Å². The maximum atomic E-state index is 5.20. The molecule has 1 aliphatic carbocycles. The van der Waals surface area contributed by atoms with Crippen molar-refractivity contribution < 1.29 is 0 Å². The van der Waals surface area contributed by atoms with Crippen molar-refractivity contribution in [3.63, 3.8) is 0 Å². The van der Waals surface area contributed by atoms with E-state index in [0.29, 0.717) is 12.6 Å². The monoisotopic (exact) mass is 193 g/mol. The van der Waals surface area contributed by atoms with Crippen molar-refractivity contribution >= 4 is 12.6 Å². The summed E-state index contributed by atoms with van der Waals surface area (Å²) in [5.41, 5.74) is 2.69. The van der Waals surface area contributed by atoms with Crippen molar-refractivity contribution in [2.45, 2.75) is 25.8 Å². The third-order valence-corrected chi connectivity index (χ3v) is 2.66. The highest BCUT2D eigenvalue weighted by Crippen LogP contribution is 2.30. The molecule has 13 heavy (non-hydrogen) atoms. The van der Waals surface area contributed by atoms with Crippen LogP contribution in [0.1, 0.15) is 19.8 Å². The van der Waals surface area contributed by atoms with Crippen LogP contribution in [0.4, 0.5) is 0 Å². The number of hydrogen-bond donors (Lipinski definition) is 2. The van der Waals surface area contributed by atoms with Crippen LogP contribution < -0.4 is 5.32 Å². The molecule has 0 amide bonds. The molecular weight excluding hydrogens is 178 g/mol. The van der Waals surface area contributed by atoms with Gasteiger partial charge in [-0.2, -0.15) is 12.6 Å². The fourth-order valence-corrected chi connectivity index (χ4v) is 2.05. The van der Waals surface area contributed by atoms with E-state index in [0.717, 1.165) is 12.8 Å². The molecule has 0 saturated heterocycles. The van der Waals surface area contributed by atoms with Crippen molar-refractivity contribution in [1.29, 1.82) is 0 Å². The molecule has 1 fully saturated rings. The average Bonchev–Trinajstić information content (AvgIpc) is 2.56. The Morgan fingerprint density at radius 3 is 3.08 bits per heavy atom. The molecular formula is C11H15NS. The van der Waals surface area contributed by atoms with Gasteiger partial charge in [-0.1, -0.05) is 12.0 Å². The maximum Gasteiger partial charge on any atom is 0.0578 e. The predicted molar refractivity (Wildman–Crippen MR) is 60.7 cm³/mol. The molecule has 0 aromatic carbocycles. The van der Waals surface area contributed by atoms with E-state index in [-0.39, 0.29) is 0 Å². The van der Waals surface area contributed by atoms with Gasteiger partial charge in [-0.15, -0.1) is 6.42 Å². The average molecular weight is 193 g/mol. The zero-order chi connectivity index (χ0) is 9.68. The van der Waals surface area contributed by atoms with Crippen molar-refractivity contribution in [2.24, 2.45) is 0 Å². The number of hydrogen-bond acceptors (Lipinski definition) is 2. The largest absolute Gasteiger partial charge is 0.299 e. The minimum atomic E-state index is 0.403. The van der Waals surface area contributed by atoms with Crippen molar-refractivity contribution in [2.75, 3.05) is 6.54 Å². The Morgan fingerprint density at radius 1 is 1.77 bits per heavy atom. The lowest BCUT2D eigenvalue weighted by atomic mass is 10.1. The molecule has 1 rings (SSSR count). The van der Waals surface area contributed by atoms with Gasteiger partial charge in [0.25, 0.3) is 0 Å². The van der Waals surface area contributed by atoms with Crippen LogP contribution in [-0.2, 0) is 0 Å². The van der Waals surface area contributed by atoms with E-state index in [2.05, 4.69) is 36.9 Å². The minimum absolute atomic E-state index is 0.403. The standard InChI is InChI=1S/C11H15NS/c1-3-7-12-11-6-5-9(4-2)10(11)8-13/h1,4,8,11-13H,5-7H2,2H3/b9-4-,10-8+. The zero-order valence-corrected chi connectivity index (χ0v) is 8.77. The maximum absolute atomic E-state index is 5.20. The van der Waals surface area contributed by atoms with E-state index in [9.17, 15) is 0 Å². The minimum Gasteiger partial charge on any atom is -0.299 e. The van der Waals surface area contributed by atoms with E-state index in [4.69, 9.17) is 6.42 Å². The second-order valence-electron chi connectivity index (χ2n) is 3.07. The number of allylic oxidation sites excluding steroid dienone is 1. The summed E-state index contributed by atoms with van der Waals surface area (Å²) in [6.45, 7) is 2.70. The lowest BCUT2D eigenvalue weighted by molar-refractivity contribution is 0.622. The van der Waals surface area contributed by atoms with Gasteiger partial charge in [0, 0.05) is 6.04 Å². The Morgan fingerprint density at radius 2 is 2.54 bits per heavy atom. The Bertz CT molecular complexity index is 270. The Kier molecular flexibility index (Phi) is 4.14. The molecule has 1 unspecified atom stereocenters. The summed E-state index contributed by atoms with van der Waals surface area (Å²) in [6, 6.07) is 0.403. The number of nitrogens with one attached hydrogen (secondary N) is 1. The zero-order valence-electron chi connectivity index (χ0n) is 7.88. The highest BCUT2D eigenvalue weighted by molar-refractivity contribution is 7.83. The number of terminal acetylenes is 1. The fourth-order valence-electron chi connectivity index (χ4n) is 1.70. The van der Waals surface area contributed by atoms with Gasteiger partial charge >= 0.3 is 0 Å². The lowest BCUT2D eigenvalue weighted by Gasteiger charge is -2.11. The van der Waals surface area contributed by atoms with Crippen molar-refractivity contribution in [3.05, 3.63) is 22.6 Å². The summed E-state index contributed by atoms with van der Waals surface area (Å²) in [5.74, 6) is 2.59. The normalized spacial score (nSPS) is 28.2. The molecule has 1 nitrogen and oxygen atoms in total. The molecule has 1 atom stereocenters. The quantitative estimate of drug-likeness (QED) is 0.506. The molecule has 0 aromatic heterocycles. The summed E-state index contributed by atoms with van der Waals surface area (Å²) in [6.07, 6.45) is 9.61. The first-order valence-corrected chi connectivity index (χ1v) is 5.01. The summed E-state index contributed by atoms with van der Waals surface area (Å²) in [7, 11) is 0. The topological polar surface area (TPSA) is 12.0 Å². The van der Waals surface area contributed by atoms with Crippen LogP contribution in [0.15, 0.2) is 22.6 Å². The number of thiol groups is 1. The molecule has 0 radical (unpaired) electrons. The third-order valence-electron chi connectivity index (χ3n) is 2.39. The summed E-state index contributed by atoms with van der Waals surface area (Å²) >= 11 is 4.22. The van der Waals surface area contributed by atoms with Gasteiger partial charge in [-0.25, -0.2) is 0 Å². The molecule has 0 bridgehead atoms. The van der Waals surface area contributed by atoms with E-state index < -0.39 is 0 Å². The second-order valence-corrected chi connectivity index (χ2v) is 3.33. The summed E-state index contributed by atoms with van der Waals surface area (Å²) in [4.78, 5) is 0. The van der Waals surface area contributed by atoms with Crippen molar-refractivity contribution in [1.82, 2.24) is 5.32 Å². The van der Waals surface area contributed by atoms with Gasteiger partial charge in [0.15, 0.2) is 0 Å². The first-order chi connectivity index (χ1) is 6.33. The molecule has 1 saturated carbocycles. The lowest BCUT2D eigenvalue weighted by Crippen LogP contribution is -2.27. The van der Waals surface area contributed by atoms with E-state index >= 15 is 0 Å². The summed E-state index contributed by atoms with van der Waals surface area (Å²) in [5, 5.41) is 5.19. The highest BCUT2D eigenvalue weighted by Gasteiger charge is 2.23. The first kappa shape index (κ1) is 10.4. The van der Waals surface area contributed by atoms with Crippen LogP contribution in [0.2, 0.25) is 0 Å². The van der Waals surface area contributed by atoms with Crippen molar-refractivity contribution in [3.8, 4) is 12.3 Å². The SMILES string of the molecule is C#CCNC1CCC(=C/C)/C1=C\S. The van der Waals surface area contributed by atoms with Crippen LogP contribution >= 0.6 is 12.6 Å². The van der Waals surface area contributed by atoms with Gasteiger partial charge in [0.05, 0.1) is 6.54 Å². The van der Waals surface area contributed by atoms with Gasteiger partial charge in [0.2, 0.25) is 0 Å². The molecule has 0 aliphatic heterocycles. The van der Waals surface area contributed by atoms with Crippen LogP contribution in [0, 0.1) is 12.3 Å².